The minimum Gasteiger partial charge on any atom is -0.496 e. The Bertz CT molecular complexity index is 778. The second kappa shape index (κ2) is 8.84. The number of hydrazine groups is 1. The van der Waals surface area contributed by atoms with Gasteiger partial charge in [-0.25, -0.2) is 0 Å². The molecule has 0 aromatic heterocycles. The van der Waals surface area contributed by atoms with Crippen LogP contribution in [0.4, 0.5) is 0 Å². The number of carbonyl (C=O) groups is 3. The number of methoxy groups -OCH3 is 1. The standard InChI is InChI=1S/C18H17ClN2O4/c1-25-16-11-13(19)7-8-14(16)18(24)21-20-17(23)10-9-15(22)12-5-3-2-4-6-12/h2-8,11H,9-10H2,1H3,(H,20,23)(H,21,24). The van der Waals surface area contributed by atoms with Crippen molar-refractivity contribution in [3.63, 3.8) is 0 Å². The van der Waals surface area contributed by atoms with Crippen LogP contribution in [0, 0.1) is 0 Å². The molecular weight excluding hydrogens is 344 g/mol. The van der Waals surface area contributed by atoms with Crippen LogP contribution in [0.3, 0.4) is 0 Å². The lowest BCUT2D eigenvalue weighted by molar-refractivity contribution is -0.121. The molecule has 0 fully saturated rings. The molecule has 0 heterocycles. The van der Waals surface area contributed by atoms with Crippen molar-refractivity contribution >= 4 is 29.2 Å². The largest absolute Gasteiger partial charge is 0.496 e. The fraction of sp³-hybridized carbons (Fsp3) is 0.167. The average molecular weight is 361 g/mol. The molecule has 0 aliphatic heterocycles. The highest BCUT2D eigenvalue weighted by Gasteiger charge is 2.14. The van der Waals surface area contributed by atoms with Gasteiger partial charge in [-0.2, -0.15) is 0 Å². The Balaban J connectivity index is 1.84. The first-order chi connectivity index (χ1) is 12.0. The number of benzene rings is 2. The number of carbonyl (C=O) groups excluding carboxylic acids is 3. The van der Waals surface area contributed by atoms with Crippen molar-refractivity contribution in [2.24, 2.45) is 0 Å². The number of halogens is 1. The number of nitrogens with one attached hydrogen (secondary N) is 2. The van der Waals surface area contributed by atoms with Crippen LogP contribution in [0.15, 0.2) is 48.5 Å². The number of rotatable bonds is 6. The Morgan fingerprint density at radius 3 is 2.40 bits per heavy atom. The number of ether oxygens (including phenoxy) is 1. The van der Waals surface area contributed by atoms with Gasteiger partial charge in [0.05, 0.1) is 12.7 Å². The van der Waals surface area contributed by atoms with E-state index in [2.05, 4.69) is 10.9 Å². The quantitative estimate of drug-likeness (QED) is 0.612. The summed E-state index contributed by atoms with van der Waals surface area (Å²) in [7, 11) is 1.41. The van der Waals surface area contributed by atoms with Gasteiger partial charge in [0.2, 0.25) is 5.91 Å². The zero-order chi connectivity index (χ0) is 18.2. The third-order valence-corrected chi connectivity index (χ3v) is 3.63. The van der Waals surface area contributed by atoms with E-state index >= 15 is 0 Å². The molecule has 2 amide bonds. The third kappa shape index (κ3) is 5.32. The molecule has 130 valence electrons. The van der Waals surface area contributed by atoms with Crippen LogP contribution in [-0.2, 0) is 4.79 Å². The lowest BCUT2D eigenvalue weighted by atomic mass is 10.1. The molecule has 2 rings (SSSR count). The van der Waals surface area contributed by atoms with Crippen LogP contribution >= 0.6 is 11.6 Å². The summed E-state index contributed by atoms with van der Waals surface area (Å²) in [4.78, 5) is 35.8. The van der Waals surface area contributed by atoms with Gasteiger partial charge in [0.25, 0.3) is 5.91 Å². The summed E-state index contributed by atoms with van der Waals surface area (Å²) in [5.41, 5.74) is 5.33. The number of hydrogen-bond acceptors (Lipinski definition) is 4. The number of ketones is 1. The summed E-state index contributed by atoms with van der Waals surface area (Å²) in [6, 6.07) is 13.2. The Hall–Kier alpha value is -2.86. The second-order valence-electron chi connectivity index (χ2n) is 5.14. The fourth-order valence-electron chi connectivity index (χ4n) is 2.10. The number of amides is 2. The van der Waals surface area contributed by atoms with E-state index in [1.165, 1.54) is 19.2 Å². The zero-order valence-electron chi connectivity index (χ0n) is 13.5. The molecule has 2 aromatic rings. The fourth-order valence-corrected chi connectivity index (χ4v) is 2.27. The maximum absolute atomic E-state index is 12.1. The van der Waals surface area contributed by atoms with Gasteiger partial charge < -0.3 is 4.74 Å². The topological polar surface area (TPSA) is 84.5 Å². The third-order valence-electron chi connectivity index (χ3n) is 3.40. The van der Waals surface area contributed by atoms with Gasteiger partial charge in [-0.15, -0.1) is 0 Å². The first kappa shape index (κ1) is 18.5. The predicted octanol–water partition coefficient (Wildman–Crippen LogP) is 2.77. The van der Waals surface area contributed by atoms with Crippen molar-refractivity contribution < 1.29 is 19.1 Å². The van der Waals surface area contributed by atoms with Crippen LogP contribution < -0.4 is 15.6 Å². The summed E-state index contributed by atoms with van der Waals surface area (Å²) >= 11 is 5.84. The van der Waals surface area contributed by atoms with E-state index in [9.17, 15) is 14.4 Å². The maximum atomic E-state index is 12.1. The Labute approximate surface area is 150 Å². The lowest BCUT2D eigenvalue weighted by Gasteiger charge is -2.10. The molecule has 2 aromatic carbocycles. The van der Waals surface area contributed by atoms with Gasteiger partial charge in [-0.05, 0) is 18.2 Å². The van der Waals surface area contributed by atoms with E-state index in [1.54, 1.807) is 30.3 Å². The van der Waals surface area contributed by atoms with Crippen molar-refractivity contribution in [3.8, 4) is 5.75 Å². The van der Waals surface area contributed by atoms with Crippen molar-refractivity contribution in [2.45, 2.75) is 12.8 Å². The van der Waals surface area contributed by atoms with Crippen LogP contribution in [0.1, 0.15) is 33.6 Å². The molecule has 0 unspecified atom stereocenters. The van der Waals surface area contributed by atoms with Crippen LogP contribution in [-0.4, -0.2) is 24.7 Å². The van der Waals surface area contributed by atoms with Crippen molar-refractivity contribution in [3.05, 3.63) is 64.7 Å². The summed E-state index contributed by atoms with van der Waals surface area (Å²) in [5.74, 6) is -0.859. The summed E-state index contributed by atoms with van der Waals surface area (Å²) in [6.07, 6.45) is 0.0156. The van der Waals surface area contributed by atoms with E-state index in [-0.39, 0.29) is 24.2 Å². The minimum atomic E-state index is -0.545. The molecule has 0 atom stereocenters. The lowest BCUT2D eigenvalue weighted by Crippen LogP contribution is -2.41. The maximum Gasteiger partial charge on any atom is 0.273 e. The van der Waals surface area contributed by atoms with Crippen LogP contribution in [0.2, 0.25) is 5.02 Å². The monoisotopic (exact) mass is 360 g/mol. The van der Waals surface area contributed by atoms with E-state index in [1.807, 2.05) is 6.07 Å². The molecule has 2 N–H and O–H groups in total. The number of Topliss-reactive ketones (excluding diaryl/α,β-unsaturated/α-hetero) is 1. The van der Waals surface area contributed by atoms with Gasteiger partial charge in [0.15, 0.2) is 5.78 Å². The van der Waals surface area contributed by atoms with E-state index < -0.39 is 11.8 Å². The highest BCUT2D eigenvalue weighted by atomic mass is 35.5. The number of hydrogen-bond donors (Lipinski definition) is 2. The average Bonchev–Trinajstić information content (AvgIpc) is 2.64. The predicted molar refractivity (Wildman–Crippen MR) is 93.6 cm³/mol. The summed E-state index contributed by atoms with van der Waals surface area (Å²) in [5, 5.41) is 0.428. The molecule has 0 spiro atoms. The smallest absolute Gasteiger partial charge is 0.273 e. The van der Waals surface area contributed by atoms with Crippen LogP contribution in [0.5, 0.6) is 5.75 Å². The molecule has 25 heavy (non-hydrogen) atoms. The first-order valence-corrected chi connectivity index (χ1v) is 7.90. The molecule has 0 saturated carbocycles. The van der Waals surface area contributed by atoms with E-state index in [4.69, 9.17) is 16.3 Å². The van der Waals surface area contributed by atoms with Crippen LogP contribution in [0.25, 0.3) is 0 Å². The highest BCUT2D eigenvalue weighted by Crippen LogP contribution is 2.22. The molecule has 0 radical (unpaired) electrons. The first-order valence-electron chi connectivity index (χ1n) is 7.52. The highest BCUT2D eigenvalue weighted by molar-refractivity contribution is 6.30. The molecular formula is C18H17ClN2O4. The SMILES string of the molecule is COc1cc(Cl)ccc1C(=O)NNC(=O)CCC(=O)c1ccccc1. The van der Waals surface area contributed by atoms with Crippen molar-refractivity contribution in [1.82, 2.24) is 10.9 Å². The minimum absolute atomic E-state index is 0.0360. The Kier molecular flexibility index (Phi) is 6.54. The van der Waals surface area contributed by atoms with E-state index in [0.29, 0.717) is 16.3 Å². The summed E-state index contributed by atoms with van der Waals surface area (Å²) < 4.78 is 5.08. The Morgan fingerprint density at radius 1 is 1.00 bits per heavy atom. The summed E-state index contributed by atoms with van der Waals surface area (Å²) in [6.45, 7) is 0. The normalized spacial score (nSPS) is 10.0. The molecule has 0 bridgehead atoms. The molecule has 7 heteroatoms. The van der Waals surface area contributed by atoms with Crippen molar-refractivity contribution in [2.75, 3.05) is 7.11 Å². The Morgan fingerprint density at radius 2 is 1.72 bits per heavy atom. The molecule has 6 nitrogen and oxygen atoms in total. The molecule has 0 saturated heterocycles. The van der Waals surface area contributed by atoms with Gasteiger partial charge in [-0.3, -0.25) is 25.2 Å². The van der Waals surface area contributed by atoms with Gasteiger partial charge in [-0.1, -0.05) is 41.9 Å². The van der Waals surface area contributed by atoms with Gasteiger partial charge in [0.1, 0.15) is 5.75 Å². The van der Waals surface area contributed by atoms with Gasteiger partial charge in [0, 0.05) is 23.4 Å². The van der Waals surface area contributed by atoms with E-state index in [0.717, 1.165) is 0 Å². The van der Waals surface area contributed by atoms with Gasteiger partial charge >= 0.3 is 0 Å². The van der Waals surface area contributed by atoms with Crippen molar-refractivity contribution in [1.29, 1.82) is 0 Å². The molecule has 0 aliphatic rings. The zero-order valence-corrected chi connectivity index (χ0v) is 14.3. The molecule has 0 aliphatic carbocycles. The second-order valence-corrected chi connectivity index (χ2v) is 5.57.